The van der Waals surface area contributed by atoms with E-state index < -0.39 is 5.41 Å². The minimum atomic E-state index is -0.578. The number of rotatable bonds is 4. The molecule has 1 atom stereocenters. The van der Waals surface area contributed by atoms with E-state index in [1.165, 1.54) is 44.5 Å². The molecule has 2 heteroatoms. The highest BCUT2D eigenvalue weighted by atomic mass is 14.9. The van der Waals surface area contributed by atoms with Crippen LogP contribution in [0.1, 0.15) is 27.9 Å². The van der Waals surface area contributed by atoms with Gasteiger partial charge < -0.3 is 0 Å². The lowest BCUT2D eigenvalue weighted by atomic mass is 9.60. The molecule has 0 saturated carbocycles. The predicted octanol–water partition coefficient (Wildman–Crippen LogP) is 11.4. The Kier molecular flexibility index (Phi) is 6.13. The van der Waals surface area contributed by atoms with Gasteiger partial charge in [-0.1, -0.05) is 164 Å². The molecule has 228 valence electrons. The fraction of sp³-hybridized carbons (Fsp3) is 0.0213. The second-order valence-corrected chi connectivity index (χ2v) is 12.9. The van der Waals surface area contributed by atoms with Crippen molar-refractivity contribution < 1.29 is 0 Å². The van der Waals surface area contributed by atoms with Crippen molar-refractivity contribution in [2.45, 2.75) is 0 Å². The standard InChI is InChI=1S/C47H30N2/c1-3-14-31(15-4-1)35-20-11-12-23-38(35)41-30-48-46(32-16-5-2-6-17-32)49-45(41)42-26-25-40-37-22-10-8-19-34(37)29-44(40)47(42)27-13-24-39-36-21-9-7-18-33(36)28-43(39)47/h1-30H. The molecule has 4 aliphatic carbocycles. The van der Waals surface area contributed by atoms with Crippen LogP contribution in [0.4, 0.5) is 0 Å². The highest BCUT2D eigenvalue weighted by Gasteiger charge is 2.49. The molecule has 1 unspecified atom stereocenters. The van der Waals surface area contributed by atoms with Crippen molar-refractivity contribution in [1.29, 1.82) is 0 Å². The molecule has 1 aromatic heterocycles. The minimum absolute atomic E-state index is 0.578. The number of fused-ring (bicyclic) bond motifs is 8. The third kappa shape index (κ3) is 4.14. The van der Waals surface area contributed by atoms with Crippen LogP contribution in [0.25, 0.3) is 62.5 Å². The van der Waals surface area contributed by atoms with Gasteiger partial charge in [0.1, 0.15) is 0 Å². The van der Waals surface area contributed by atoms with Crippen molar-refractivity contribution in [3.05, 3.63) is 209 Å². The first-order valence-corrected chi connectivity index (χ1v) is 16.8. The van der Waals surface area contributed by atoms with Crippen molar-refractivity contribution in [2.75, 3.05) is 0 Å². The van der Waals surface area contributed by atoms with Gasteiger partial charge in [-0.05, 0) is 79.0 Å². The van der Waals surface area contributed by atoms with Crippen LogP contribution in [-0.2, 0) is 0 Å². The Balaban J connectivity index is 1.28. The van der Waals surface area contributed by atoms with Gasteiger partial charge in [0.05, 0.1) is 11.1 Å². The maximum Gasteiger partial charge on any atom is 0.159 e. The van der Waals surface area contributed by atoms with Crippen molar-refractivity contribution in [3.63, 3.8) is 0 Å². The quantitative estimate of drug-likeness (QED) is 0.195. The van der Waals surface area contributed by atoms with E-state index in [4.69, 9.17) is 9.97 Å². The molecule has 0 bridgehead atoms. The summed E-state index contributed by atoms with van der Waals surface area (Å²) >= 11 is 0. The number of benzene rings is 5. The smallest absolute Gasteiger partial charge is 0.159 e. The van der Waals surface area contributed by atoms with E-state index in [1.807, 2.05) is 12.3 Å². The third-order valence-corrected chi connectivity index (χ3v) is 10.4. The highest BCUT2D eigenvalue weighted by molar-refractivity contribution is 6.11. The molecule has 0 N–H and O–H groups in total. The normalized spacial score (nSPS) is 18.0. The van der Waals surface area contributed by atoms with Crippen LogP contribution < -0.4 is 0 Å². The summed E-state index contributed by atoms with van der Waals surface area (Å²) in [6.07, 6.45) is 18.4. The summed E-state index contributed by atoms with van der Waals surface area (Å²) in [4.78, 5) is 10.6. The Morgan fingerprint density at radius 3 is 1.65 bits per heavy atom. The van der Waals surface area contributed by atoms with E-state index in [0.717, 1.165) is 39.1 Å². The van der Waals surface area contributed by atoms with Crippen molar-refractivity contribution in [2.24, 2.45) is 5.41 Å². The van der Waals surface area contributed by atoms with Crippen LogP contribution in [0.5, 0.6) is 0 Å². The van der Waals surface area contributed by atoms with Gasteiger partial charge in [0.15, 0.2) is 5.82 Å². The number of allylic oxidation sites excluding steroid dienone is 10. The first-order chi connectivity index (χ1) is 24.3. The second-order valence-electron chi connectivity index (χ2n) is 12.9. The molecule has 4 aliphatic rings. The molecule has 1 heterocycles. The summed E-state index contributed by atoms with van der Waals surface area (Å²) in [7, 11) is 0. The average molecular weight is 623 g/mol. The molecule has 0 fully saturated rings. The molecule has 0 radical (unpaired) electrons. The van der Waals surface area contributed by atoms with Crippen molar-refractivity contribution >= 4 is 28.9 Å². The van der Waals surface area contributed by atoms with Crippen LogP contribution in [0.15, 0.2) is 181 Å². The minimum Gasteiger partial charge on any atom is -0.236 e. The van der Waals surface area contributed by atoms with Gasteiger partial charge in [0.2, 0.25) is 0 Å². The van der Waals surface area contributed by atoms with E-state index in [0.29, 0.717) is 5.82 Å². The molecule has 1 spiro atoms. The zero-order chi connectivity index (χ0) is 32.4. The molecule has 0 amide bonds. The van der Waals surface area contributed by atoms with Crippen LogP contribution in [0.2, 0.25) is 0 Å². The number of hydrogen-bond donors (Lipinski definition) is 0. The van der Waals surface area contributed by atoms with Gasteiger partial charge in [0.25, 0.3) is 0 Å². The van der Waals surface area contributed by atoms with Gasteiger partial charge in [-0.25, -0.2) is 9.97 Å². The van der Waals surface area contributed by atoms with E-state index in [2.05, 4.69) is 170 Å². The van der Waals surface area contributed by atoms with Gasteiger partial charge in [-0.2, -0.15) is 0 Å². The Labute approximate surface area is 286 Å². The summed E-state index contributed by atoms with van der Waals surface area (Å²) in [6, 6.07) is 47.1. The maximum absolute atomic E-state index is 5.54. The SMILES string of the molecule is C1=CC2(C3=Cc4ccccc4C3=C1)C1=Cc3ccccc3C1=CC=C2c1nc(-c2ccccc2)ncc1-c1ccccc1-c1ccccc1. The van der Waals surface area contributed by atoms with E-state index in [1.54, 1.807) is 0 Å². The average Bonchev–Trinajstić information content (AvgIpc) is 3.76. The lowest BCUT2D eigenvalue weighted by molar-refractivity contribution is 0.773. The number of aromatic nitrogens is 2. The third-order valence-electron chi connectivity index (χ3n) is 10.4. The fourth-order valence-corrected chi connectivity index (χ4v) is 8.16. The lowest BCUT2D eigenvalue weighted by Crippen LogP contribution is -2.29. The van der Waals surface area contributed by atoms with E-state index in [9.17, 15) is 0 Å². The van der Waals surface area contributed by atoms with E-state index in [-0.39, 0.29) is 0 Å². The highest BCUT2D eigenvalue weighted by Crippen LogP contribution is 2.64. The van der Waals surface area contributed by atoms with Gasteiger partial charge in [-0.3, -0.25) is 0 Å². The summed E-state index contributed by atoms with van der Waals surface area (Å²) in [5, 5.41) is 0. The molecular formula is C47H30N2. The molecule has 6 aromatic rings. The largest absolute Gasteiger partial charge is 0.236 e. The van der Waals surface area contributed by atoms with Crippen LogP contribution in [0, 0.1) is 5.41 Å². The predicted molar refractivity (Wildman–Crippen MR) is 203 cm³/mol. The first kappa shape index (κ1) is 27.7. The van der Waals surface area contributed by atoms with Crippen molar-refractivity contribution in [1.82, 2.24) is 9.97 Å². The van der Waals surface area contributed by atoms with Gasteiger partial charge >= 0.3 is 0 Å². The Morgan fingerprint density at radius 1 is 0.429 bits per heavy atom. The van der Waals surface area contributed by atoms with Gasteiger partial charge in [-0.15, -0.1) is 0 Å². The second kappa shape index (κ2) is 10.8. The summed E-state index contributed by atoms with van der Waals surface area (Å²) in [5.74, 6) is 0.713. The fourth-order valence-electron chi connectivity index (χ4n) is 8.16. The molecule has 2 nitrogen and oxygen atoms in total. The van der Waals surface area contributed by atoms with Crippen LogP contribution in [-0.4, -0.2) is 9.97 Å². The molecule has 5 aromatic carbocycles. The summed E-state index contributed by atoms with van der Waals surface area (Å²) in [6.45, 7) is 0. The number of nitrogens with zero attached hydrogens (tertiary/aromatic N) is 2. The van der Waals surface area contributed by atoms with Crippen molar-refractivity contribution in [3.8, 4) is 33.6 Å². The van der Waals surface area contributed by atoms with Crippen LogP contribution in [0.3, 0.4) is 0 Å². The zero-order valence-electron chi connectivity index (χ0n) is 26.7. The molecule has 49 heavy (non-hydrogen) atoms. The lowest BCUT2D eigenvalue weighted by Gasteiger charge is -2.42. The molecule has 0 aliphatic heterocycles. The Bertz CT molecular complexity index is 2500. The topological polar surface area (TPSA) is 25.8 Å². The summed E-state index contributed by atoms with van der Waals surface area (Å²) < 4.78 is 0. The zero-order valence-corrected chi connectivity index (χ0v) is 26.7. The van der Waals surface area contributed by atoms with Gasteiger partial charge in [0, 0.05) is 17.3 Å². The molecule has 0 saturated heterocycles. The molecular weight excluding hydrogens is 593 g/mol. The van der Waals surface area contributed by atoms with Crippen LogP contribution >= 0.6 is 0 Å². The molecule has 10 rings (SSSR count). The first-order valence-electron chi connectivity index (χ1n) is 16.8. The number of hydrogen-bond acceptors (Lipinski definition) is 2. The Hall–Kier alpha value is -6.38. The summed E-state index contributed by atoms with van der Waals surface area (Å²) in [5.41, 5.74) is 17.1. The Morgan fingerprint density at radius 2 is 0.980 bits per heavy atom. The maximum atomic E-state index is 5.54. The monoisotopic (exact) mass is 622 g/mol. The van der Waals surface area contributed by atoms with E-state index >= 15 is 0 Å².